The van der Waals surface area contributed by atoms with Gasteiger partial charge in [-0.25, -0.2) is 0 Å². The minimum Gasteiger partial charge on any atom is -0.403 e. The molecule has 136 valence electrons. The third-order valence-electron chi connectivity index (χ3n) is 5.40. The van der Waals surface area contributed by atoms with Crippen molar-refractivity contribution in [3.8, 4) is 0 Å². The van der Waals surface area contributed by atoms with E-state index in [2.05, 4.69) is 15.9 Å². The van der Waals surface area contributed by atoms with Crippen molar-refractivity contribution in [3.05, 3.63) is 70.2 Å². The molecular formula is C21H24BBrO3. The predicted molar refractivity (Wildman–Crippen MR) is 108 cm³/mol. The first-order valence-corrected chi connectivity index (χ1v) is 9.68. The van der Waals surface area contributed by atoms with Crippen molar-refractivity contribution in [2.45, 2.75) is 51.1 Å². The molecular weight excluding hydrogens is 391 g/mol. The van der Waals surface area contributed by atoms with Crippen LogP contribution in [-0.4, -0.2) is 24.1 Å². The maximum Gasteiger partial charge on any atom is 0.466 e. The lowest BCUT2D eigenvalue weighted by molar-refractivity contribution is 0.00578. The van der Waals surface area contributed by atoms with Crippen LogP contribution in [0.3, 0.4) is 0 Å². The third-order valence-corrected chi connectivity index (χ3v) is 5.93. The van der Waals surface area contributed by atoms with Gasteiger partial charge >= 0.3 is 7.12 Å². The van der Waals surface area contributed by atoms with Gasteiger partial charge in [-0.2, -0.15) is 0 Å². The molecule has 3 nitrogen and oxygen atoms in total. The summed E-state index contributed by atoms with van der Waals surface area (Å²) in [6.45, 7) is 8.13. The van der Waals surface area contributed by atoms with Crippen molar-refractivity contribution in [2.75, 3.05) is 0 Å². The molecule has 1 aliphatic rings. The molecule has 1 fully saturated rings. The Morgan fingerprint density at radius 2 is 1.50 bits per heavy atom. The topological polar surface area (TPSA) is 35.5 Å². The van der Waals surface area contributed by atoms with Crippen molar-refractivity contribution >= 4 is 28.8 Å². The minimum absolute atomic E-state index is 0.0910. The van der Waals surface area contributed by atoms with Crippen molar-refractivity contribution < 1.29 is 14.1 Å². The van der Waals surface area contributed by atoms with Gasteiger partial charge < -0.3 is 9.31 Å². The summed E-state index contributed by atoms with van der Waals surface area (Å²) in [5, 5.41) is 0. The fourth-order valence-electron chi connectivity index (χ4n) is 3.08. The molecule has 0 aliphatic carbocycles. The van der Waals surface area contributed by atoms with Crippen molar-refractivity contribution in [1.82, 2.24) is 0 Å². The molecule has 0 spiro atoms. The Morgan fingerprint density at radius 3 is 2.04 bits per heavy atom. The highest BCUT2D eigenvalue weighted by Crippen LogP contribution is 2.42. The largest absolute Gasteiger partial charge is 0.466 e. The van der Waals surface area contributed by atoms with Gasteiger partial charge in [-0.05, 0) is 45.4 Å². The van der Waals surface area contributed by atoms with Gasteiger partial charge in [-0.3, -0.25) is 4.79 Å². The Bertz CT molecular complexity index is 756. The molecule has 0 radical (unpaired) electrons. The molecule has 1 aliphatic heterocycles. The first-order chi connectivity index (χ1) is 12.2. The van der Waals surface area contributed by atoms with E-state index < -0.39 is 18.3 Å². The average Bonchev–Trinajstić information content (AvgIpc) is 2.82. The summed E-state index contributed by atoms with van der Waals surface area (Å²) in [6.07, 6.45) is 0.336. The first kappa shape index (κ1) is 19.3. The summed E-state index contributed by atoms with van der Waals surface area (Å²) >= 11 is 3.47. The number of rotatable bonds is 5. The number of halogens is 1. The molecule has 0 N–H and O–H groups in total. The van der Waals surface area contributed by atoms with E-state index in [9.17, 15) is 4.79 Å². The SMILES string of the molecule is CC1(C)OB(C(CC(=O)c2ccccc2)c2ccc(Br)cc2)OC1(C)C. The Hall–Kier alpha value is -1.43. The van der Waals surface area contributed by atoms with Gasteiger partial charge in [-0.15, -0.1) is 0 Å². The summed E-state index contributed by atoms with van der Waals surface area (Å²) < 4.78 is 13.5. The zero-order chi connectivity index (χ0) is 18.9. The Balaban J connectivity index is 1.90. The van der Waals surface area contributed by atoms with Crippen LogP contribution in [0.25, 0.3) is 0 Å². The zero-order valence-electron chi connectivity index (χ0n) is 15.7. The fourth-order valence-corrected chi connectivity index (χ4v) is 3.34. The lowest BCUT2D eigenvalue weighted by Gasteiger charge is -2.32. The molecule has 0 aromatic heterocycles. The predicted octanol–water partition coefficient (Wildman–Crippen LogP) is 5.44. The summed E-state index contributed by atoms with van der Waals surface area (Å²) in [5.74, 6) is -0.0786. The molecule has 1 heterocycles. The first-order valence-electron chi connectivity index (χ1n) is 8.89. The van der Waals surface area contributed by atoms with E-state index >= 15 is 0 Å². The Labute approximate surface area is 164 Å². The number of hydrogen-bond acceptors (Lipinski definition) is 3. The number of Topliss-reactive ketones (excluding diaryl/α,β-unsaturated/α-hetero) is 1. The molecule has 3 rings (SSSR count). The van der Waals surface area contributed by atoms with Crippen molar-refractivity contribution in [2.24, 2.45) is 0 Å². The Morgan fingerprint density at radius 1 is 0.962 bits per heavy atom. The quantitative estimate of drug-likeness (QED) is 0.482. The van der Waals surface area contributed by atoms with Crippen molar-refractivity contribution in [1.29, 1.82) is 0 Å². The van der Waals surface area contributed by atoms with Crippen LogP contribution in [0, 0.1) is 0 Å². The highest BCUT2D eigenvalue weighted by molar-refractivity contribution is 9.10. The van der Waals surface area contributed by atoms with Gasteiger partial charge in [-0.1, -0.05) is 58.4 Å². The number of ketones is 1. The summed E-state index contributed by atoms with van der Waals surface area (Å²) in [6, 6.07) is 17.4. The fraction of sp³-hybridized carbons (Fsp3) is 0.381. The van der Waals surface area contributed by atoms with Crippen LogP contribution >= 0.6 is 15.9 Å². The van der Waals surface area contributed by atoms with Crippen LogP contribution in [0.5, 0.6) is 0 Å². The van der Waals surface area contributed by atoms with Gasteiger partial charge in [0.1, 0.15) is 0 Å². The summed E-state index contributed by atoms with van der Waals surface area (Å²) in [4.78, 5) is 12.9. The van der Waals surface area contributed by atoms with E-state index in [1.165, 1.54) is 0 Å². The molecule has 1 atom stereocenters. The van der Waals surface area contributed by atoms with Crippen LogP contribution in [0.2, 0.25) is 0 Å². The highest BCUT2D eigenvalue weighted by atomic mass is 79.9. The smallest absolute Gasteiger partial charge is 0.403 e. The van der Waals surface area contributed by atoms with E-state index in [-0.39, 0.29) is 11.6 Å². The number of carbonyl (C=O) groups is 1. The van der Waals surface area contributed by atoms with Gasteiger partial charge in [0, 0.05) is 22.3 Å². The van der Waals surface area contributed by atoms with Crippen LogP contribution < -0.4 is 0 Å². The summed E-state index contributed by atoms with van der Waals surface area (Å²) in [7, 11) is -0.464. The third kappa shape index (κ3) is 3.95. The minimum atomic E-state index is -0.464. The second-order valence-electron chi connectivity index (χ2n) is 7.78. The normalized spacial score (nSPS) is 19.3. The number of hydrogen-bond donors (Lipinski definition) is 0. The van der Waals surface area contributed by atoms with Crippen LogP contribution in [0.4, 0.5) is 0 Å². The van der Waals surface area contributed by atoms with Crippen LogP contribution in [0.15, 0.2) is 59.1 Å². The van der Waals surface area contributed by atoms with Gasteiger partial charge in [0.05, 0.1) is 11.2 Å². The number of benzene rings is 2. The lowest BCUT2D eigenvalue weighted by atomic mass is 9.65. The van der Waals surface area contributed by atoms with E-state index in [4.69, 9.17) is 9.31 Å². The molecule has 0 amide bonds. The second kappa shape index (κ2) is 7.30. The molecule has 26 heavy (non-hydrogen) atoms. The molecule has 0 saturated carbocycles. The van der Waals surface area contributed by atoms with Gasteiger partial charge in [0.15, 0.2) is 5.78 Å². The average molecular weight is 415 g/mol. The van der Waals surface area contributed by atoms with E-state index in [0.29, 0.717) is 12.0 Å². The number of carbonyl (C=O) groups excluding carboxylic acids is 1. The van der Waals surface area contributed by atoms with Crippen molar-refractivity contribution in [3.63, 3.8) is 0 Å². The van der Waals surface area contributed by atoms with Crippen LogP contribution in [0.1, 0.15) is 55.9 Å². The second-order valence-corrected chi connectivity index (χ2v) is 8.69. The van der Waals surface area contributed by atoms with Gasteiger partial charge in [0.25, 0.3) is 0 Å². The maximum absolute atomic E-state index is 12.9. The standard InChI is InChI=1S/C21H24BBrO3/c1-20(2)21(3,4)26-22(25-20)18(15-10-12-17(23)13-11-15)14-19(24)16-8-6-5-7-9-16/h5-13,18H,14H2,1-4H3. The monoisotopic (exact) mass is 414 g/mol. The van der Waals surface area contributed by atoms with E-state index in [0.717, 1.165) is 10.0 Å². The molecule has 1 unspecified atom stereocenters. The molecule has 2 aromatic carbocycles. The van der Waals surface area contributed by atoms with Gasteiger partial charge in [0.2, 0.25) is 0 Å². The Kier molecular flexibility index (Phi) is 5.43. The molecule has 1 saturated heterocycles. The summed E-state index contributed by atoms with van der Waals surface area (Å²) in [5.41, 5.74) is 0.893. The highest BCUT2D eigenvalue weighted by Gasteiger charge is 2.54. The molecule has 0 bridgehead atoms. The zero-order valence-corrected chi connectivity index (χ0v) is 17.2. The van der Waals surface area contributed by atoms with E-state index in [1.54, 1.807) is 0 Å². The molecule has 2 aromatic rings. The maximum atomic E-state index is 12.9. The molecule has 5 heteroatoms. The van der Waals surface area contributed by atoms with E-state index in [1.807, 2.05) is 82.3 Å². The van der Waals surface area contributed by atoms with Crippen LogP contribution in [-0.2, 0) is 9.31 Å². The lowest BCUT2D eigenvalue weighted by Crippen LogP contribution is -2.41.